The lowest BCUT2D eigenvalue weighted by Gasteiger charge is -2.17. The summed E-state index contributed by atoms with van der Waals surface area (Å²) in [5.74, 6) is -1.68. The van der Waals surface area contributed by atoms with E-state index in [1.807, 2.05) is 0 Å². The fourth-order valence-corrected chi connectivity index (χ4v) is 2.00. The quantitative estimate of drug-likeness (QED) is 0.902. The summed E-state index contributed by atoms with van der Waals surface area (Å²) in [5.41, 5.74) is 0.453. The lowest BCUT2D eigenvalue weighted by atomic mass is 10.1. The number of ether oxygens (including phenoxy) is 1. The molecule has 5 heteroatoms. The molecule has 0 saturated heterocycles. The number of halogens is 3. The summed E-state index contributed by atoms with van der Waals surface area (Å²) in [6.45, 7) is 1.62. The fourth-order valence-electron chi connectivity index (χ4n) is 2.00. The average Bonchev–Trinajstić information content (AvgIpc) is 2.40. The van der Waals surface area contributed by atoms with Gasteiger partial charge in [-0.2, -0.15) is 0 Å². The largest absolute Gasteiger partial charge is 0.494 e. The van der Waals surface area contributed by atoms with E-state index in [9.17, 15) is 13.2 Å². The second-order valence-electron chi connectivity index (χ2n) is 4.35. The van der Waals surface area contributed by atoms with Crippen LogP contribution in [-0.2, 0) is 0 Å². The Hall–Kier alpha value is -2.17. The molecular formula is C15H14F3NO. The number of anilines is 1. The average molecular weight is 281 g/mol. The third-order valence-corrected chi connectivity index (χ3v) is 2.97. The third kappa shape index (κ3) is 2.87. The highest BCUT2D eigenvalue weighted by Gasteiger charge is 2.16. The first-order valence-electron chi connectivity index (χ1n) is 6.07. The Labute approximate surface area is 115 Å². The molecule has 0 amide bonds. The Bertz CT molecular complexity index is 596. The Morgan fingerprint density at radius 3 is 2.25 bits per heavy atom. The van der Waals surface area contributed by atoms with Crippen molar-refractivity contribution in [2.75, 3.05) is 12.4 Å². The van der Waals surface area contributed by atoms with Crippen molar-refractivity contribution >= 4 is 5.69 Å². The molecule has 0 saturated carbocycles. The van der Waals surface area contributed by atoms with Gasteiger partial charge in [0.2, 0.25) is 0 Å². The monoisotopic (exact) mass is 281 g/mol. The van der Waals surface area contributed by atoms with Crippen LogP contribution in [0.15, 0.2) is 36.4 Å². The Kier molecular flexibility index (Phi) is 4.17. The molecule has 2 aromatic carbocycles. The Balaban J connectivity index is 2.26. The van der Waals surface area contributed by atoms with Crippen molar-refractivity contribution in [3.63, 3.8) is 0 Å². The van der Waals surface area contributed by atoms with Gasteiger partial charge in [-0.25, -0.2) is 13.2 Å². The predicted molar refractivity (Wildman–Crippen MR) is 71.3 cm³/mol. The topological polar surface area (TPSA) is 21.3 Å². The van der Waals surface area contributed by atoms with Gasteiger partial charge >= 0.3 is 0 Å². The highest BCUT2D eigenvalue weighted by Crippen LogP contribution is 2.27. The zero-order chi connectivity index (χ0) is 14.7. The van der Waals surface area contributed by atoms with Crippen LogP contribution in [-0.4, -0.2) is 7.11 Å². The van der Waals surface area contributed by atoms with Gasteiger partial charge in [0, 0.05) is 17.3 Å². The minimum absolute atomic E-state index is 0.0595. The molecule has 1 unspecified atom stereocenters. The molecule has 2 rings (SSSR count). The van der Waals surface area contributed by atoms with Gasteiger partial charge in [-0.3, -0.25) is 0 Å². The molecule has 0 spiro atoms. The molecular weight excluding hydrogens is 267 g/mol. The maximum absolute atomic E-state index is 13.6. The summed E-state index contributed by atoms with van der Waals surface area (Å²) in [5, 5.41) is 2.92. The molecule has 1 atom stereocenters. The molecule has 0 aliphatic heterocycles. The van der Waals surface area contributed by atoms with Crippen molar-refractivity contribution in [2.45, 2.75) is 13.0 Å². The van der Waals surface area contributed by atoms with Gasteiger partial charge in [0.25, 0.3) is 0 Å². The molecule has 0 heterocycles. The van der Waals surface area contributed by atoms with E-state index in [0.29, 0.717) is 5.69 Å². The molecule has 0 aliphatic carbocycles. The zero-order valence-corrected chi connectivity index (χ0v) is 11.1. The Morgan fingerprint density at radius 2 is 1.65 bits per heavy atom. The van der Waals surface area contributed by atoms with Crippen molar-refractivity contribution in [3.05, 3.63) is 59.4 Å². The van der Waals surface area contributed by atoms with Crippen LogP contribution in [0.25, 0.3) is 0 Å². The van der Waals surface area contributed by atoms with Gasteiger partial charge in [-0.1, -0.05) is 6.07 Å². The van der Waals surface area contributed by atoms with Crippen LogP contribution in [0.5, 0.6) is 5.75 Å². The lowest BCUT2D eigenvalue weighted by Crippen LogP contribution is -2.11. The first-order valence-corrected chi connectivity index (χ1v) is 6.07. The molecule has 0 aliphatic rings. The van der Waals surface area contributed by atoms with Crippen LogP contribution in [0.1, 0.15) is 18.5 Å². The minimum Gasteiger partial charge on any atom is -0.494 e. The van der Waals surface area contributed by atoms with E-state index in [4.69, 9.17) is 4.74 Å². The van der Waals surface area contributed by atoms with Crippen molar-refractivity contribution in [1.82, 2.24) is 0 Å². The summed E-state index contributed by atoms with van der Waals surface area (Å²) in [6, 6.07) is 7.24. The second kappa shape index (κ2) is 5.86. The predicted octanol–water partition coefficient (Wildman–Crippen LogP) is 4.29. The summed E-state index contributed by atoms with van der Waals surface area (Å²) < 4.78 is 45.4. The van der Waals surface area contributed by atoms with Crippen molar-refractivity contribution in [3.8, 4) is 5.75 Å². The minimum atomic E-state index is -0.626. The van der Waals surface area contributed by atoms with Gasteiger partial charge in [0.1, 0.15) is 11.6 Å². The summed E-state index contributed by atoms with van der Waals surface area (Å²) >= 11 is 0. The second-order valence-corrected chi connectivity index (χ2v) is 4.35. The van der Waals surface area contributed by atoms with Crippen molar-refractivity contribution in [2.24, 2.45) is 0 Å². The van der Waals surface area contributed by atoms with Gasteiger partial charge in [-0.15, -0.1) is 0 Å². The molecule has 20 heavy (non-hydrogen) atoms. The van der Waals surface area contributed by atoms with E-state index in [2.05, 4.69) is 5.32 Å². The number of benzene rings is 2. The molecule has 0 radical (unpaired) electrons. The molecule has 106 valence electrons. The maximum atomic E-state index is 13.6. The standard InChI is InChI=1S/C15H14F3NO/c1-9(15-12(17)4-3-5-13(15)18)19-10-6-7-11(16)14(8-10)20-2/h3-9,19H,1-2H3. The summed E-state index contributed by atoms with van der Waals surface area (Å²) in [4.78, 5) is 0. The first kappa shape index (κ1) is 14.2. The molecule has 2 nitrogen and oxygen atoms in total. The number of nitrogens with one attached hydrogen (secondary N) is 1. The van der Waals surface area contributed by atoms with Gasteiger partial charge < -0.3 is 10.1 Å². The molecule has 1 N–H and O–H groups in total. The molecule has 0 bridgehead atoms. The number of hydrogen-bond donors (Lipinski definition) is 1. The van der Waals surface area contributed by atoms with E-state index >= 15 is 0 Å². The molecule has 0 aromatic heterocycles. The number of methoxy groups -OCH3 is 1. The highest BCUT2D eigenvalue weighted by molar-refractivity contribution is 5.50. The van der Waals surface area contributed by atoms with Crippen LogP contribution in [0.3, 0.4) is 0 Å². The van der Waals surface area contributed by atoms with Crippen molar-refractivity contribution in [1.29, 1.82) is 0 Å². The van der Waals surface area contributed by atoms with E-state index in [1.54, 1.807) is 6.92 Å². The summed E-state index contributed by atoms with van der Waals surface area (Å²) in [6.07, 6.45) is 0. The third-order valence-electron chi connectivity index (χ3n) is 2.97. The zero-order valence-electron chi connectivity index (χ0n) is 11.1. The van der Waals surface area contributed by atoms with Gasteiger partial charge in [0.05, 0.1) is 13.2 Å². The van der Waals surface area contributed by atoms with Crippen LogP contribution in [0.4, 0.5) is 18.9 Å². The Morgan fingerprint density at radius 1 is 1.00 bits per heavy atom. The van der Waals surface area contributed by atoms with Crippen LogP contribution in [0, 0.1) is 17.5 Å². The fraction of sp³-hybridized carbons (Fsp3) is 0.200. The van der Waals surface area contributed by atoms with Crippen LogP contribution >= 0.6 is 0 Å². The van der Waals surface area contributed by atoms with E-state index in [1.165, 1.54) is 43.5 Å². The first-order chi connectivity index (χ1) is 9.52. The number of rotatable bonds is 4. The summed E-state index contributed by atoms with van der Waals surface area (Å²) in [7, 11) is 1.35. The molecule has 0 fully saturated rings. The highest BCUT2D eigenvalue weighted by atomic mass is 19.1. The number of hydrogen-bond acceptors (Lipinski definition) is 2. The molecule has 2 aromatic rings. The van der Waals surface area contributed by atoms with Crippen LogP contribution in [0.2, 0.25) is 0 Å². The van der Waals surface area contributed by atoms with E-state index in [0.717, 1.165) is 0 Å². The van der Waals surface area contributed by atoms with Crippen molar-refractivity contribution < 1.29 is 17.9 Å². The van der Waals surface area contributed by atoms with Gasteiger partial charge in [-0.05, 0) is 31.2 Å². The maximum Gasteiger partial charge on any atom is 0.165 e. The smallest absolute Gasteiger partial charge is 0.165 e. The normalized spacial score (nSPS) is 12.1. The van der Waals surface area contributed by atoms with E-state index < -0.39 is 23.5 Å². The SMILES string of the molecule is COc1cc(NC(C)c2c(F)cccc2F)ccc1F. The van der Waals surface area contributed by atoms with Crippen LogP contribution < -0.4 is 10.1 Å². The van der Waals surface area contributed by atoms with Gasteiger partial charge in [0.15, 0.2) is 11.6 Å². The lowest BCUT2D eigenvalue weighted by molar-refractivity contribution is 0.386. The van der Waals surface area contributed by atoms with E-state index in [-0.39, 0.29) is 11.3 Å².